The molecule has 1 heterocycles. The van der Waals surface area contributed by atoms with Gasteiger partial charge in [-0.05, 0) is 18.2 Å². The third-order valence-corrected chi connectivity index (χ3v) is 3.00. The first kappa shape index (κ1) is 11.8. The summed E-state index contributed by atoms with van der Waals surface area (Å²) < 4.78 is 27.5. The third-order valence-electron chi connectivity index (χ3n) is 3.00. The molecule has 1 atom stereocenters. The maximum atomic E-state index is 13.8. The highest BCUT2D eigenvalue weighted by Gasteiger charge is 2.38. The smallest absolute Gasteiger partial charge is 0.152 e. The van der Waals surface area contributed by atoms with Gasteiger partial charge in [-0.1, -0.05) is 0 Å². The lowest BCUT2D eigenvalue weighted by Gasteiger charge is -2.21. The average Bonchev–Trinajstić information content (AvgIpc) is 2.72. The van der Waals surface area contributed by atoms with E-state index >= 15 is 0 Å². The van der Waals surface area contributed by atoms with Crippen LogP contribution in [-0.2, 0) is 0 Å². The summed E-state index contributed by atoms with van der Waals surface area (Å²) in [6.45, 7) is -0.215. The standard InChI is InChI=1S/C12H12F2N2O/c13-10-5-9(6-15)1-2-11(10)16-4-3-12(14,7-16)8-17/h1-2,5,17H,3-4,7-8H2. The van der Waals surface area contributed by atoms with Crippen molar-refractivity contribution in [3.05, 3.63) is 29.6 Å². The van der Waals surface area contributed by atoms with E-state index in [4.69, 9.17) is 10.4 Å². The van der Waals surface area contributed by atoms with Crippen LogP contribution in [0, 0.1) is 17.1 Å². The van der Waals surface area contributed by atoms with Gasteiger partial charge in [0.25, 0.3) is 0 Å². The highest BCUT2D eigenvalue weighted by atomic mass is 19.1. The van der Waals surface area contributed by atoms with Crippen LogP contribution in [0.25, 0.3) is 0 Å². The van der Waals surface area contributed by atoms with Crippen LogP contribution in [0.4, 0.5) is 14.5 Å². The van der Waals surface area contributed by atoms with Gasteiger partial charge in [0.1, 0.15) is 5.82 Å². The summed E-state index contributed by atoms with van der Waals surface area (Å²) in [5.74, 6) is -0.536. The van der Waals surface area contributed by atoms with E-state index in [1.54, 1.807) is 4.90 Å². The lowest BCUT2D eigenvalue weighted by atomic mass is 10.1. The molecule has 17 heavy (non-hydrogen) atoms. The summed E-state index contributed by atoms with van der Waals surface area (Å²) in [5.41, 5.74) is -1.14. The van der Waals surface area contributed by atoms with E-state index in [0.717, 1.165) is 6.07 Å². The number of aliphatic hydroxyl groups excluding tert-OH is 1. The Hall–Kier alpha value is -1.67. The molecule has 0 aliphatic carbocycles. The van der Waals surface area contributed by atoms with Gasteiger partial charge in [-0.2, -0.15) is 5.26 Å². The molecule has 0 saturated carbocycles. The summed E-state index contributed by atoms with van der Waals surface area (Å²) in [6, 6.07) is 5.94. The van der Waals surface area contributed by atoms with E-state index in [1.807, 2.05) is 6.07 Å². The molecule has 0 aromatic heterocycles. The second-order valence-corrected chi connectivity index (χ2v) is 4.26. The fourth-order valence-electron chi connectivity index (χ4n) is 2.00. The van der Waals surface area contributed by atoms with Crippen LogP contribution in [0.5, 0.6) is 0 Å². The van der Waals surface area contributed by atoms with E-state index in [1.165, 1.54) is 12.1 Å². The summed E-state index contributed by atoms with van der Waals surface area (Å²) in [7, 11) is 0. The number of halogens is 2. The summed E-state index contributed by atoms with van der Waals surface area (Å²) in [4.78, 5) is 1.55. The van der Waals surface area contributed by atoms with E-state index in [9.17, 15) is 8.78 Å². The first-order chi connectivity index (χ1) is 8.08. The summed E-state index contributed by atoms with van der Waals surface area (Å²) in [5, 5.41) is 17.5. The van der Waals surface area contributed by atoms with Gasteiger partial charge in [-0.3, -0.25) is 0 Å². The van der Waals surface area contributed by atoms with E-state index < -0.39 is 18.1 Å². The Morgan fingerprint density at radius 2 is 2.29 bits per heavy atom. The Balaban J connectivity index is 2.23. The molecule has 90 valence electrons. The lowest BCUT2D eigenvalue weighted by molar-refractivity contribution is 0.0909. The van der Waals surface area contributed by atoms with E-state index in [0.29, 0.717) is 6.54 Å². The molecule has 0 bridgehead atoms. The number of hydrogen-bond acceptors (Lipinski definition) is 3. The SMILES string of the molecule is N#Cc1ccc(N2CCC(F)(CO)C2)c(F)c1. The van der Waals surface area contributed by atoms with Crippen molar-refractivity contribution in [3.63, 3.8) is 0 Å². The Bertz CT molecular complexity index is 472. The molecule has 1 saturated heterocycles. The van der Waals surface area contributed by atoms with Crippen LogP contribution < -0.4 is 4.90 Å². The van der Waals surface area contributed by atoms with Crippen molar-refractivity contribution >= 4 is 5.69 Å². The Kier molecular flexibility index (Phi) is 2.99. The minimum Gasteiger partial charge on any atom is -0.393 e. The molecule has 1 unspecified atom stereocenters. The van der Waals surface area contributed by atoms with Crippen molar-refractivity contribution in [1.29, 1.82) is 5.26 Å². The molecule has 1 fully saturated rings. The topological polar surface area (TPSA) is 47.3 Å². The fourth-order valence-corrected chi connectivity index (χ4v) is 2.00. The fraction of sp³-hybridized carbons (Fsp3) is 0.417. The van der Waals surface area contributed by atoms with Gasteiger partial charge in [-0.15, -0.1) is 0 Å². The number of benzene rings is 1. The second-order valence-electron chi connectivity index (χ2n) is 4.26. The van der Waals surface area contributed by atoms with Crippen LogP contribution >= 0.6 is 0 Å². The molecule has 1 aromatic carbocycles. The van der Waals surface area contributed by atoms with Gasteiger partial charge >= 0.3 is 0 Å². The molecular formula is C12H12F2N2O. The van der Waals surface area contributed by atoms with Gasteiger partial charge in [-0.25, -0.2) is 8.78 Å². The highest BCUT2D eigenvalue weighted by molar-refractivity contribution is 5.52. The minimum absolute atomic E-state index is 0.0215. The summed E-state index contributed by atoms with van der Waals surface area (Å²) >= 11 is 0. The number of nitrogens with zero attached hydrogens (tertiary/aromatic N) is 2. The Morgan fingerprint density at radius 3 is 2.82 bits per heavy atom. The lowest BCUT2D eigenvalue weighted by Crippen LogP contribution is -2.32. The predicted molar refractivity (Wildman–Crippen MR) is 58.9 cm³/mol. The number of rotatable bonds is 2. The quantitative estimate of drug-likeness (QED) is 0.851. The second kappa shape index (κ2) is 4.30. The number of hydrogen-bond donors (Lipinski definition) is 1. The molecule has 1 aliphatic heterocycles. The number of anilines is 1. The summed E-state index contributed by atoms with van der Waals surface area (Å²) in [6.07, 6.45) is 0.183. The first-order valence-electron chi connectivity index (χ1n) is 5.32. The normalized spacial score (nSPS) is 23.8. The van der Waals surface area contributed by atoms with Crippen molar-refractivity contribution in [3.8, 4) is 6.07 Å². The zero-order valence-electron chi connectivity index (χ0n) is 9.16. The predicted octanol–water partition coefficient (Wildman–Crippen LogP) is 1.61. The van der Waals surface area contributed by atoms with Crippen LogP contribution in [-0.4, -0.2) is 30.5 Å². The third kappa shape index (κ3) is 2.22. The van der Waals surface area contributed by atoms with Gasteiger partial charge < -0.3 is 10.0 Å². The Labute approximate surface area is 97.9 Å². The van der Waals surface area contributed by atoms with Gasteiger partial charge in [0.15, 0.2) is 5.67 Å². The molecule has 3 nitrogen and oxygen atoms in total. The average molecular weight is 238 g/mol. The molecular weight excluding hydrogens is 226 g/mol. The van der Waals surface area contributed by atoms with E-state index in [-0.39, 0.29) is 24.2 Å². The van der Waals surface area contributed by atoms with Gasteiger partial charge in [0.05, 0.1) is 30.5 Å². The van der Waals surface area contributed by atoms with Crippen LogP contribution in [0.2, 0.25) is 0 Å². The first-order valence-corrected chi connectivity index (χ1v) is 5.32. The molecule has 5 heteroatoms. The number of aliphatic hydroxyl groups is 1. The minimum atomic E-state index is -1.65. The van der Waals surface area contributed by atoms with Crippen molar-refractivity contribution in [2.24, 2.45) is 0 Å². The van der Waals surface area contributed by atoms with Gasteiger partial charge in [0, 0.05) is 13.0 Å². The number of alkyl halides is 1. The maximum Gasteiger partial charge on any atom is 0.152 e. The molecule has 2 rings (SSSR count). The molecule has 1 aliphatic rings. The van der Waals surface area contributed by atoms with E-state index in [2.05, 4.69) is 0 Å². The zero-order chi connectivity index (χ0) is 12.5. The van der Waals surface area contributed by atoms with Crippen LogP contribution in [0.1, 0.15) is 12.0 Å². The maximum absolute atomic E-state index is 13.8. The Morgan fingerprint density at radius 1 is 1.53 bits per heavy atom. The van der Waals surface area contributed by atoms with Crippen molar-refractivity contribution < 1.29 is 13.9 Å². The number of nitriles is 1. The molecule has 0 amide bonds. The van der Waals surface area contributed by atoms with Crippen LogP contribution in [0.3, 0.4) is 0 Å². The molecule has 1 aromatic rings. The molecule has 0 radical (unpaired) electrons. The van der Waals surface area contributed by atoms with Crippen molar-refractivity contribution in [1.82, 2.24) is 0 Å². The van der Waals surface area contributed by atoms with Crippen LogP contribution in [0.15, 0.2) is 18.2 Å². The molecule has 1 N–H and O–H groups in total. The highest BCUT2D eigenvalue weighted by Crippen LogP contribution is 2.31. The van der Waals surface area contributed by atoms with Gasteiger partial charge in [0.2, 0.25) is 0 Å². The zero-order valence-corrected chi connectivity index (χ0v) is 9.16. The largest absolute Gasteiger partial charge is 0.393 e. The van der Waals surface area contributed by atoms with Crippen molar-refractivity contribution in [2.45, 2.75) is 12.1 Å². The monoisotopic (exact) mass is 238 g/mol. The molecule has 0 spiro atoms. The van der Waals surface area contributed by atoms with Crippen molar-refractivity contribution in [2.75, 3.05) is 24.6 Å².